The summed E-state index contributed by atoms with van der Waals surface area (Å²) >= 11 is 3.70. The Hall–Kier alpha value is -1.31. The van der Waals surface area contributed by atoms with E-state index in [1.165, 1.54) is 24.8 Å². The molecule has 29 heavy (non-hydrogen) atoms. The number of methoxy groups -OCH3 is 2. The van der Waals surface area contributed by atoms with Gasteiger partial charge >= 0.3 is 6.09 Å². The maximum Gasteiger partial charge on any atom is 0.409 e. The van der Waals surface area contributed by atoms with E-state index in [0.717, 1.165) is 49.2 Å². The first-order valence-electron chi connectivity index (χ1n) is 10.6. The normalized spacial score (nSPS) is 21.2. The van der Waals surface area contributed by atoms with Crippen molar-refractivity contribution >= 4 is 22.0 Å². The van der Waals surface area contributed by atoms with Crippen LogP contribution < -0.4 is 4.74 Å². The average molecular weight is 469 g/mol. The van der Waals surface area contributed by atoms with Gasteiger partial charge < -0.3 is 19.1 Å². The first-order chi connectivity index (χ1) is 14.1. The molecule has 0 saturated carbocycles. The molecule has 0 aromatic heterocycles. The molecule has 0 aliphatic carbocycles. The molecule has 2 aliphatic rings. The van der Waals surface area contributed by atoms with Gasteiger partial charge in [0, 0.05) is 37.3 Å². The molecule has 1 atom stereocenters. The fraction of sp³-hybridized carbons (Fsp3) is 0.682. The number of nitrogens with zero attached hydrogens (tertiary/aromatic N) is 2. The zero-order chi connectivity index (χ0) is 20.6. The number of carbonyl (C=O) groups is 1. The molecule has 6 nitrogen and oxygen atoms in total. The fourth-order valence-corrected chi connectivity index (χ4v) is 4.91. The highest BCUT2D eigenvalue weighted by Crippen LogP contribution is 2.33. The molecular weight excluding hydrogens is 436 g/mol. The first-order valence-corrected chi connectivity index (χ1v) is 11.4. The van der Waals surface area contributed by atoms with Crippen LogP contribution in [0.2, 0.25) is 0 Å². The molecule has 0 bridgehead atoms. The van der Waals surface area contributed by atoms with Crippen molar-refractivity contribution < 1.29 is 19.0 Å². The smallest absolute Gasteiger partial charge is 0.409 e. The Morgan fingerprint density at radius 2 is 1.90 bits per heavy atom. The van der Waals surface area contributed by atoms with Gasteiger partial charge in [0.15, 0.2) is 0 Å². The van der Waals surface area contributed by atoms with Gasteiger partial charge in [0.25, 0.3) is 0 Å². The third kappa shape index (κ3) is 6.09. The van der Waals surface area contributed by atoms with E-state index in [4.69, 9.17) is 14.2 Å². The molecule has 0 spiro atoms. The van der Waals surface area contributed by atoms with Crippen LogP contribution >= 0.6 is 15.9 Å². The van der Waals surface area contributed by atoms with E-state index in [2.05, 4.69) is 33.0 Å². The van der Waals surface area contributed by atoms with Gasteiger partial charge in [-0.3, -0.25) is 4.90 Å². The summed E-state index contributed by atoms with van der Waals surface area (Å²) in [5.41, 5.74) is 1.27. The van der Waals surface area contributed by atoms with Gasteiger partial charge in [-0.1, -0.05) is 22.4 Å². The van der Waals surface area contributed by atoms with E-state index in [1.807, 2.05) is 11.0 Å². The predicted octanol–water partition coefficient (Wildman–Crippen LogP) is 4.31. The van der Waals surface area contributed by atoms with Gasteiger partial charge in [0.05, 0.1) is 13.7 Å². The zero-order valence-corrected chi connectivity index (χ0v) is 19.2. The van der Waals surface area contributed by atoms with E-state index >= 15 is 0 Å². The quantitative estimate of drug-likeness (QED) is 0.558. The van der Waals surface area contributed by atoms with Crippen LogP contribution in [-0.2, 0) is 16.0 Å². The lowest BCUT2D eigenvalue weighted by Gasteiger charge is -2.43. The van der Waals surface area contributed by atoms with Gasteiger partial charge in [0.1, 0.15) is 12.4 Å². The van der Waals surface area contributed by atoms with Crippen molar-refractivity contribution in [2.75, 3.05) is 47.1 Å². The third-order valence-corrected chi connectivity index (χ3v) is 6.92. The first kappa shape index (κ1) is 22.4. The van der Waals surface area contributed by atoms with E-state index in [1.54, 1.807) is 14.2 Å². The fourth-order valence-electron chi connectivity index (χ4n) is 4.54. The number of hydrogen-bond acceptors (Lipinski definition) is 5. The highest BCUT2D eigenvalue weighted by atomic mass is 79.9. The number of amides is 1. The van der Waals surface area contributed by atoms with Crippen molar-refractivity contribution in [3.63, 3.8) is 0 Å². The van der Waals surface area contributed by atoms with Gasteiger partial charge in [-0.05, 0) is 61.9 Å². The number of hydrogen-bond donors (Lipinski definition) is 0. The Morgan fingerprint density at radius 3 is 2.62 bits per heavy atom. The molecule has 2 aliphatic heterocycles. The summed E-state index contributed by atoms with van der Waals surface area (Å²) in [4.78, 5) is 16.7. The van der Waals surface area contributed by atoms with Crippen molar-refractivity contribution in [1.82, 2.24) is 9.80 Å². The van der Waals surface area contributed by atoms with Crippen LogP contribution in [0.25, 0.3) is 0 Å². The summed E-state index contributed by atoms with van der Waals surface area (Å²) in [5.74, 6) is 1.53. The largest absolute Gasteiger partial charge is 0.497 e. The number of piperidine rings is 2. The molecule has 0 radical (unpaired) electrons. The highest BCUT2D eigenvalue weighted by molar-refractivity contribution is 9.10. The van der Waals surface area contributed by atoms with Crippen LogP contribution in [-0.4, -0.2) is 69.0 Å². The minimum absolute atomic E-state index is 0.207. The Bertz CT molecular complexity index is 664. The van der Waals surface area contributed by atoms with Gasteiger partial charge in [0.2, 0.25) is 0 Å². The summed E-state index contributed by atoms with van der Waals surface area (Å²) in [5, 5.41) is 0. The molecule has 2 fully saturated rings. The lowest BCUT2D eigenvalue weighted by molar-refractivity contribution is 0.0386. The van der Waals surface area contributed by atoms with Crippen LogP contribution in [0.3, 0.4) is 0 Å². The minimum atomic E-state index is -0.207. The number of halogens is 1. The maximum atomic E-state index is 12.2. The van der Waals surface area contributed by atoms with Crippen molar-refractivity contribution in [2.24, 2.45) is 5.92 Å². The van der Waals surface area contributed by atoms with Gasteiger partial charge in [-0.15, -0.1) is 0 Å². The summed E-state index contributed by atoms with van der Waals surface area (Å²) in [7, 11) is 3.32. The van der Waals surface area contributed by atoms with E-state index < -0.39 is 0 Å². The monoisotopic (exact) mass is 468 g/mol. The number of carbonyl (C=O) groups excluding carboxylic acids is 1. The lowest BCUT2D eigenvalue weighted by Crippen LogP contribution is -2.48. The molecule has 162 valence electrons. The second-order valence-electron chi connectivity index (χ2n) is 7.92. The third-order valence-electron chi connectivity index (χ3n) is 6.15. The number of rotatable bonds is 7. The SMILES string of the molecule is COCCOC(=O)N1CCC(C2CCCCN2Cc2cc(OC)ccc2Br)CC1. The molecule has 2 saturated heterocycles. The van der Waals surface area contributed by atoms with Crippen LogP contribution in [0.15, 0.2) is 22.7 Å². The Kier molecular flexibility index (Phi) is 8.63. The molecule has 7 heteroatoms. The maximum absolute atomic E-state index is 12.2. The zero-order valence-electron chi connectivity index (χ0n) is 17.6. The molecule has 1 unspecified atom stereocenters. The van der Waals surface area contributed by atoms with Crippen molar-refractivity contribution in [2.45, 2.75) is 44.7 Å². The minimum Gasteiger partial charge on any atom is -0.497 e. The summed E-state index contributed by atoms with van der Waals surface area (Å²) in [6, 6.07) is 6.77. The summed E-state index contributed by atoms with van der Waals surface area (Å²) in [6.07, 6.45) is 5.66. The van der Waals surface area contributed by atoms with Gasteiger partial charge in [-0.25, -0.2) is 4.79 Å². The second-order valence-corrected chi connectivity index (χ2v) is 8.78. The average Bonchev–Trinajstić information content (AvgIpc) is 2.76. The highest BCUT2D eigenvalue weighted by Gasteiger charge is 2.34. The van der Waals surface area contributed by atoms with Crippen LogP contribution in [0, 0.1) is 5.92 Å². The van der Waals surface area contributed by atoms with E-state index in [-0.39, 0.29) is 6.09 Å². The Labute approximate surface area is 182 Å². The van der Waals surface area contributed by atoms with Gasteiger partial charge in [-0.2, -0.15) is 0 Å². The summed E-state index contributed by atoms with van der Waals surface area (Å²) in [6.45, 7) is 4.39. The predicted molar refractivity (Wildman–Crippen MR) is 116 cm³/mol. The number of ether oxygens (including phenoxy) is 3. The standard InChI is InChI=1S/C22H33BrN2O4/c1-27-13-14-29-22(26)24-11-8-17(9-12-24)21-5-3-4-10-25(21)16-18-15-19(28-2)6-7-20(18)23/h6-7,15,17,21H,3-5,8-14,16H2,1-2H3. The Morgan fingerprint density at radius 1 is 1.10 bits per heavy atom. The van der Waals surface area contributed by atoms with Crippen LogP contribution in [0.5, 0.6) is 5.75 Å². The van der Waals surface area contributed by atoms with Crippen molar-refractivity contribution in [3.05, 3.63) is 28.2 Å². The summed E-state index contributed by atoms with van der Waals surface area (Å²) < 4.78 is 16.8. The molecule has 0 N–H and O–H groups in total. The van der Waals surface area contributed by atoms with Crippen molar-refractivity contribution in [3.8, 4) is 5.75 Å². The van der Waals surface area contributed by atoms with Crippen LogP contribution in [0.4, 0.5) is 4.79 Å². The number of benzene rings is 1. The van der Waals surface area contributed by atoms with Crippen LogP contribution in [0.1, 0.15) is 37.7 Å². The Balaban J connectivity index is 1.57. The number of likely N-dealkylation sites (tertiary alicyclic amines) is 2. The molecule has 3 rings (SSSR count). The molecule has 1 aromatic carbocycles. The van der Waals surface area contributed by atoms with Crippen molar-refractivity contribution in [1.29, 1.82) is 0 Å². The molecule has 2 heterocycles. The molecular formula is C22H33BrN2O4. The van der Waals surface area contributed by atoms with E-state index in [0.29, 0.717) is 25.2 Å². The topological polar surface area (TPSA) is 51.2 Å². The lowest BCUT2D eigenvalue weighted by atomic mass is 9.83. The second kappa shape index (κ2) is 11.2. The molecule has 1 amide bonds. The molecule has 1 aromatic rings. The van der Waals surface area contributed by atoms with E-state index in [9.17, 15) is 4.79 Å².